The number of nitrogens with zero attached hydrogens (tertiary/aromatic N) is 2. The summed E-state index contributed by atoms with van der Waals surface area (Å²) in [4.78, 5) is 5.32. The summed E-state index contributed by atoms with van der Waals surface area (Å²) in [7, 11) is 0. The summed E-state index contributed by atoms with van der Waals surface area (Å²) in [6.07, 6.45) is -3.65. The van der Waals surface area contributed by atoms with Crippen LogP contribution in [-0.4, -0.2) is 29.4 Å². The van der Waals surface area contributed by atoms with Crippen LogP contribution < -0.4 is 4.90 Å². The quantitative estimate of drug-likeness (QED) is 0.885. The van der Waals surface area contributed by atoms with Crippen molar-refractivity contribution in [3.05, 3.63) is 23.4 Å². The number of aliphatic hydroxyl groups excluding tert-OH is 1. The maximum atomic E-state index is 12.4. The Balaban J connectivity index is 3.04. The van der Waals surface area contributed by atoms with E-state index in [1.807, 2.05) is 6.92 Å². The third-order valence-corrected chi connectivity index (χ3v) is 2.55. The summed E-state index contributed by atoms with van der Waals surface area (Å²) in [6, 6.07) is 3.19. The van der Waals surface area contributed by atoms with Crippen molar-refractivity contribution in [2.24, 2.45) is 0 Å². The molecule has 1 rings (SSSR count). The van der Waals surface area contributed by atoms with Gasteiger partial charge in [0.2, 0.25) is 0 Å². The first-order valence-corrected chi connectivity index (χ1v) is 5.82. The van der Waals surface area contributed by atoms with Gasteiger partial charge in [0.25, 0.3) is 0 Å². The van der Waals surface area contributed by atoms with E-state index in [0.29, 0.717) is 17.7 Å². The number of anilines is 1. The minimum absolute atomic E-state index is 0.202. The summed E-state index contributed by atoms with van der Waals surface area (Å²) in [5.74, 6) is 0.262. The van der Waals surface area contributed by atoms with Gasteiger partial charge >= 0.3 is 6.18 Å². The molecule has 0 aliphatic rings. The molecule has 0 amide bonds. The number of aliphatic hydroxyl groups is 1. The number of aromatic nitrogens is 1. The first-order valence-electron chi connectivity index (χ1n) is 5.82. The molecule has 0 aliphatic carbocycles. The minimum atomic E-state index is -4.26. The van der Waals surface area contributed by atoms with Gasteiger partial charge in [-0.2, -0.15) is 13.2 Å². The van der Waals surface area contributed by atoms with Gasteiger partial charge in [-0.05, 0) is 31.0 Å². The van der Waals surface area contributed by atoms with E-state index < -0.39 is 12.7 Å². The molecule has 3 nitrogen and oxygen atoms in total. The molecule has 0 radical (unpaired) electrons. The van der Waals surface area contributed by atoms with Crippen molar-refractivity contribution >= 4 is 5.82 Å². The van der Waals surface area contributed by atoms with Gasteiger partial charge in [-0.25, -0.2) is 4.98 Å². The van der Waals surface area contributed by atoms with Gasteiger partial charge in [-0.3, -0.25) is 0 Å². The smallest absolute Gasteiger partial charge is 0.392 e. The Bertz CT molecular complexity index is 371. The summed E-state index contributed by atoms with van der Waals surface area (Å²) in [6.45, 7) is 2.49. The molecule has 0 unspecified atom stereocenters. The molecule has 0 bridgehead atoms. The van der Waals surface area contributed by atoms with Crippen LogP contribution in [0.2, 0.25) is 0 Å². The lowest BCUT2D eigenvalue weighted by Gasteiger charge is -2.24. The van der Waals surface area contributed by atoms with Gasteiger partial charge in [0.1, 0.15) is 12.4 Å². The van der Waals surface area contributed by atoms with Crippen molar-refractivity contribution in [2.75, 3.05) is 18.0 Å². The van der Waals surface area contributed by atoms with E-state index in [4.69, 9.17) is 5.11 Å². The second-order valence-corrected chi connectivity index (χ2v) is 3.97. The lowest BCUT2D eigenvalue weighted by Crippen LogP contribution is -2.34. The van der Waals surface area contributed by atoms with E-state index >= 15 is 0 Å². The number of pyridine rings is 1. The standard InChI is InChI=1S/C12H17F3N2O/c1-3-10-5-9(7-18)6-11(16-10)17(4-2)8-12(13,14)15/h5-6,18H,3-4,7-8H2,1-2H3. The zero-order chi connectivity index (χ0) is 13.8. The van der Waals surface area contributed by atoms with Gasteiger partial charge in [0.15, 0.2) is 0 Å². The molecule has 0 saturated carbocycles. The van der Waals surface area contributed by atoms with Crippen molar-refractivity contribution in [1.29, 1.82) is 0 Å². The lowest BCUT2D eigenvalue weighted by molar-refractivity contribution is -0.119. The largest absolute Gasteiger partial charge is 0.405 e. The Hall–Kier alpha value is -1.30. The van der Waals surface area contributed by atoms with Gasteiger partial charge in [0, 0.05) is 12.2 Å². The monoisotopic (exact) mass is 262 g/mol. The Morgan fingerprint density at radius 3 is 2.39 bits per heavy atom. The number of hydrogen-bond acceptors (Lipinski definition) is 3. The number of hydrogen-bond donors (Lipinski definition) is 1. The highest BCUT2D eigenvalue weighted by Gasteiger charge is 2.30. The number of aryl methyl sites for hydroxylation is 1. The topological polar surface area (TPSA) is 36.4 Å². The molecule has 0 aliphatic heterocycles. The fraction of sp³-hybridized carbons (Fsp3) is 0.583. The highest BCUT2D eigenvalue weighted by atomic mass is 19.4. The predicted octanol–water partition coefficient (Wildman–Crippen LogP) is 2.52. The summed E-state index contributed by atoms with van der Waals surface area (Å²) >= 11 is 0. The molecule has 1 heterocycles. The minimum Gasteiger partial charge on any atom is -0.392 e. The van der Waals surface area contributed by atoms with Crippen molar-refractivity contribution in [3.8, 4) is 0 Å². The van der Waals surface area contributed by atoms with Gasteiger partial charge in [-0.15, -0.1) is 0 Å². The molecule has 0 aromatic carbocycles. The van der Waals surface area contributed by atoms with Crippen LogP contribution in [0, 0.1) is 0 Å². The average molecular weight is 262 g/mol. The normalized spacial score (nSPS) is 11.7. The second-order valence-electron chi connectivity index (χ2n) is 3.97. The Morgan fingerprint density at radius 1 is 1.28 bits per heavy atom. The highest BCUT2D eigenvalue weighted by molar-refractivity contribution is 5.42. The van der Waals surface area contributed by atoms with Crippen LogP contribution in [0.3, 0.4) is 0 Å². The van der Waals surface area contributed by atoms with E-state index in [0.717, 1.165) is 4.90 Å². The van der Waals surface area contributed by atoms with Crippen molar-refractivity contribution in [2.45, 2.75) is 33.1 Å². The van der Waals surface area contributed by atoms with E-state index in [1.54, 1.807) is 13.0 Å². The van der Waals surface area contributed by atoms with E-state index in [9.17, 15) is 13.2 Å². The number of rotatable bonds is 5. The van der Waals surface area contributed by atoms with Crippen LogP contribution in [-0.2, 0) is 13.0 Å². The molecular weight excluding hydrogens is 245 g/mol. The molecule has 0 atom stereocenters. The molecule has 102 valence electrons. The van der Waals surface area contributed by atoms with Crippen molar-refractivity contribution in [3.63, 3.8) is 0 Å². The second kappa shape index (κ2) is 6.04. The fourth-order valence-corrected chi connectivity index (χ4v) is 1.64. The molecule has 6 heteroatoms. The van der Waals surface area contributed by atoms with E-state index in [-0.39, 0.29) is 19.0 Å². The third-order valence-electron chi connectivity index (χ3n) is 2.55. The zero-order valence-electron chi connectivity index (χ0n) is 10.5. The van der Waals surface area contributed by atoms with Crippen LogP contribution >= 0.6 is 0 Å². The maximum absolute atomic E-state index is 12.4. The van der Waals surface area contributed by atoms with Crippen LogP contribution in [0.15, 0.2) is 12.1 Å². The number of alkyl halides is 3. The Labute approximate surface area is 104 Å². The molecule has 0 saturated heterocycles. The third kappa shape index (κ3) is 4.18. The Kier molecular flexibility index (Phi) is 4.95. The fourth-order valence-electron chi connectivity index (χ4n) is 1.64. The zero-order valence-corrected chi connectivity index (χ0v) is 10.5. The molecular formula is C12H17F3N2O. The van der Waals surface area contributed by atoms with E-state index in [1.165, 1.54) is 6.07 Å². The molecule has 1 aromatic heterocycles. The summed E-state index contributed by atoms with van der Waals surface area (Å²) < 4.78 is 37.3. The molecule has 1 N–H and O–H groups in total. The van der Waals surface area contributed by atoms with E-state index in [2.05, 4.69) is 4.98 Å². The Morgan fingerprint density at radius 2 is 1.94 bits per heavy atom. The van der Waals surface area contributed by atoms with Crippen molar-refractivity contribution < 1.29 is 18.3 Å². The average Bonchev–Trinajstić information content (AvgIpc) is 2.34. The molecule has 0 spiro atoms. The first kappa shape index (κ1) is 14.8. The summed E-state index contributed by atoms with van der Waals surface area (Å²) in [5.41, 5.74) is 1.26. The van der Waals surface area contributed by atoms with Crippen LogP contribution in [0.25, 0.3) is 0 Å². The van der Waals surface area contributed by atoms with Gasteiger partial charge < -0.3 is 10.0 Å². The van der Waals surface area contributed by atoms with Crippen LogP contribution in [0.1, 0.15) is 25.1 Å². The lowest BCUT2D eigenvalue weighted by atomic mass is 10.2. The van der Waals surface area contributed by atoms with Gasteiger partial charge in [-0.1, -0.05) is 6.92 Å². The first-order chi connectivity index (χ1) is 8.39. The predicted molar refractivity (Wildman–Crippen MR) is 63.5 cm³/mol. The van der Waals surface area contributed by atoms with Crippen LogP contribution in [0.5, 0.6) is 0 Å². The van der Waals surface area contributed by atoms with Crippen molar-refractivity contribution in [1.82, 2.24) is 4.98 Å². The molecule has 1 aromatic rings. The summed E-state index contributed by atoms with van der Waals surface area (Å²) in [5, 5.41) is 9.10. The molecule has 0 fully saturated rings. The SMILES string of the molecule is CCc1cc(CO)cc(N(CC)CC(F)(F)F)n1. The number of halogens is 3. The maximum Gasteiger partial charge on any atom is 0.405 e. The van der Waals surface area contributed by atoms with Crippen LogP contribution in [0.4, 0.5) is 19.0 Å². The van der Waals surface area contributed by atoms with Gasteiger partial charge in [0.05, 0.1) is 6.61 Å². The molecule has 18 heavy (non-hydrogen) atoms. The highest BCUT2D eigenvalue weighted by Crippen LogP contribution is 2.22.